The van der Waals surface area contributed by atoms with Crippen LogP contribution in [-0.2, 0) is 13.5 Å². The first kappa shape index (κ1) is 11.1. The molecular weight excluding hydrogens is 214 g/mol. The SMILES string of the molecule is CCc1nn(C)cc1Nc1ccnc(C#N)c1. The largest absolute Gasteiger partial charge is 0.353 e. The van der Waals surface area contributed by atoms with Crippen molar-refractivity contribution in [1.29, 1.82) is 5.26 Å². The molecule has 2 rings (SSSR count). The average Bonchev–Trinajstić information content (AvgIpc) is 2.69. The number of nitrogens with zero attached hydrogens (tertiary/aromatic N) is 4. The van der Waals surface area contributed by atoms with Crippen molar-refractivity contribution in [1.82, 2.24) is 14.8 Å². The number of aromatic nitrogens is 3. The first-order valence-corrected chi connectivity index (χ1v) is 5.38. The smallest absolute Gasteiger partial charge is 0.142 e. The second kappa shape index (κ2) is 4.66. The molecule has 0 bridgehead atoms. The van der Waals surface area contributed by atoms with Crippen LogP contribution >= 0.6 is 0 Å². The molecule has 5 heteroatoms. The fourth-order valence-corrected chi connectivity index (χ4v) is 1.63. The highest BCUT2D eigenvalue weighted by molar-refractivity contribution is 5.61. The molecule has 2 heterocycles. The topological polar surface area (TPSA) is 66.5 Å². The van der Waals surface area contributed by atoms with E-state index in [-0.39, 0.29) is 0 Å². The van der Waals surface area contributed by atoms with Gasteiger partial charge >= 0.3 is 0 Å². The fraction of sp³-hybridized carbons (Fsp3) is 0.250. The summed E-state index contributed by atoms with van der Waals surface area (Å²) in [5.41, 5.74) is 3.21. The Labute approximate surface area is 99.7 Å². The summed E-state index contributed by atoms with van der Waals surface area (Å²) in [6.45, 7) is 2.06. The standard InChI is InChI=1S/C12H13N5/c1-3-11-12(8-17(2)16-11)15-9-4-5-14-10(6-9)7-13/h4-6,8H,3H2,1-2H3,(H,14,15). The predicted molar refractivity (Wildman–Crippen MR) is 64.8 cm³/mol. The molecule has 86 valence electrons. The zero-order chi connectivity index (χ0) is 12.3. The Kier molecular flexibility index (Phi) is 3.06. The molecule has 0 saturated heterocycles. The van der Waals surface area contributed by atoms with Gasteiger partial charge in [0.15, 0.2) is 0 Å². The van der Waals surface area contributed by atoms with E-state index in [9.17, 15) is 0 Å². The number of aryl methyl sites for hydroxylation is 2. The molecule has 0 aliphatic rings. The van der Waals surface area contributed by atoms with Gasteiger partial charge in [-0.2, -0.15) is 10.4 Å². The van der Waals surface area contributed by atoms with Crippen LogP contribution in [0, 0.1) is 11.3 Å². The molecular formula is C12H13N5. The van der Waals surface area contributed by atoms with Crippen LogP contribution in [0.15, 0.2) is 24.5 Å². The van der Waals surface area contributed by atoms with E-state index in [1.54, 1.807) is 16.9 Å². The average molecular weight is 227 g/mol. The van der Waals surface area contributed by atoms with Gasteiger partial charge in [0, 0.05) is 25.1 Å². The molecule has 17 heavy (non-hydrogen) atoms. The van der Waals surface area contributed by atoms with Gasteiger partial charge in [-0.1, -0.05) is 6.92 Å². The van der Waals surface area contributed by atoms with Gasteiger partial charge in [0.05, 0.1) is 11.4 Å². The summed E-state index contributed by atoms with van der Waals surface area (Å²) in [4.78, 5) is 3.93. The molecule has 0 aliphatic heterocycles. The van der Waals surface area contributed by atoms with Crippen molar-refractivity contribution in [3.63, 3.8) is 0 Å². The van der Waals surface area contributed by atoms with Crippen molar-refractivity contribution in [2.75, 3.05) is 5.32 Å². The second-order valence-corrected chi connectivity index (χ2v) is 3.68. The van der Waals surface area contributed by atoms with Crippen molar-refractivity contribution in [3.05, 3.63) is 35.9 Å². The number of hydrogen-bond donors (Lipinski definition) is 1. The van der Waals surface area contributed by atoms with Gasteiger partial charge in [0.25, 0.3) is 0 Å². The van der Waals surface area contributed by atoms with Gasteiger partial charge in [-0.05, 0) is 18.6 Å². The van der Waals surface area contributed by atoms with Gasteiger partial charge in [-0.3, -0.25) is 4.68 Å². The number of nitrogens with one attached hydrogen (secondary N) is 1. The van der Waals surface area contributed by atoms with Crippen LogP contribution in [-0.4, -0.2) is 14.8 Å². The fourth-order valence-electron chi connectivity index (χ4n) is 1.63. The molecule has 0 amide bonds. The van der Waals surface area contributed by atoms with Crippen molar-refractivity contribution in [2.45, 2.75) is 13.3 Å². The Morgan fingerprint density at radius 1 is 1.53 bits per heavy atom. The Hall–Kier alpha value is -2.35. The van der Waals surface area contributed by atoms with Crippen LogP contribution in [0.1, 0.15) is 18.3 Å². The number of pyridine rings is 1. The lowest BCUT2D eigenvalue weighted by atomic mass is 10.2. The zero-order valence-electron chi connectivity index (χ0n) is 9.81. The predicted octanol–water partition coefficient (Wildman–Crippen LogP) is 1.99. The lowest BCUT2D eigenvalue weighted by Crippen LogP contribution is -1.94. The van der Waals surface area contributed by atoms with E-state index in [1.807, 2.05) is 25.4 Å². The van der Waals surface area contributed by atoms with Crippen LogP contribution in [0.3, 0.4) is 0 Å². The summed E-state index contributed by atoms with van der Waals surface area (Å²) in [7, 11) is 1.89. The Morgan fingerprint density at radius 3 is 3.06 bits per heavy atom. The summed E-state index contributed by atoms with van der Waals surface area (Å²) < 4.78 is 1.77. The van der Waals surface area contributed by atoms with Gasteiger partial charge < -0.3 is 5.32 Å². The van der Waals surface area contributed by atoms with Gasteiger partial charge in [-0.25, -0.2) is 4.98 Å². The van der Waals surface area contributed by atoms with Crippen LogP contribution in [0.5, 0.6) is 0 Å². The van der Waals surface area contributed by atoms with Gasteiger partial charge in [0.1, 0.15) is 11.8 Å². The number of anilines is 2. The van der Waals surface area contributed by atoms with Crippen molar-refractivity contribution >= 4 is 11.4 Å². The van der Waals surface area contributed by atoms with Gasteiger partial charge in [-0.15, -0.1) is 0 Å². The van der Waals surface area contributed by atoms with Crippen molar-refractivity contribution < 1.29 is 0 Å². The van der Waals surface area contributed by atoms with E-state index in [0.717, 1.165) is 23.5 Å². The van der Waals surface area contributed by atoms with E-state index >= 15 is 0 Å². The number of nitriles is 1. The molecule has 0 spiro atoms. The van der Waals surface area contributed by atoms with E-state index in [4.69, 9.17) is 5.26 Å². The molecule has 0 fully saturated rings. The van der Waals surface area contributed by atoms with Crippen molar-refractivity contribution in [3.8, 4) is 6.07 Å². The summed E-state index contributed by atoms with van der Waals surface area (Å²) in [5, 5.41) is 16.4. The zero-order valence-corrected chi connectivity index (χ0v) is 9.81. The minimum Gasteiger partial charge on any atom is -0.353 e. The molecule has 0 radical (unpaired) electrons. The molecule has 1 N–H and O–H groups in total. The molecule has 0 saturated carbocycles. The summed E-state index contributed by atoms with van der Waals surface area (Å²) >= 11 is 0. The first-order valence-electron chi connectivity index (χ1n) is 5.38. The number of rotatable bonds is 3. The normalized spacial score (nSPS) is 9.94. The van der Waals surface area contributed by atoms with Crippen LogP contribution in [0.2, 0.25) is 0 Å². The lowest BCUT2D eigenvalue weighted by molar-refractivity contribution is 0.746. The quantitative estimate of drug-likeness (QED) is 0.870. The van der Waals surface area contributed by atoms with Crippen LogP contribution in [0.4, 0.5) is 11.4 Å². The number of hydrogen-bond acceptors (Lipinski definition) is 4. The van der Waals surface area contributed by atoms with E-state index in [2.05, 4.69) is 22.3 Å². The Balaban J connectivity index is 2.28. The molecule has 2 aromatic rings. The lowest BCUT2D eigenvalue weighted by Gasteiger charge is -2.04. The van der Waals surface area contributed by atoms with Crippen LogP contribution in [0.25, 0.3) is 0 Å². The molecule has 0 aliphatic carbocycles. The second-order valence-electron chi connectivity index (χ2n) is 3.68. The van der Waals surface area contributed by atoms with E-state index in [1.165, 1.54) is 0 Å². The molecule has 5 nitrogen and oxygen atoms in total. The van der Waals surface area contributed by atoms with Gasteiger partial charge in [0.2, 0.25) is 0 Å². The Bertz CT molecular complexity index is 565. The van der Waals surface area contributed by atoms with E-state index < -0.39 is 0 Å². The van der Waals surface area contributed by atoms with Crippen molar-refractivity contribution in [2.24, 2.45) is 7.05 Å². The summed E-state index contributed by atoms with van der Waals surface area (Å²) in [6.07, 6.45) is 4.40. The first-order chi connectivity index (χ1) is 8.22. The maximum Gasteiger partial charge on any atom is 0.142 e. The minimum absolute atomic E-state index is 0.400. The third kappa shape index (κ3) is 2.42. The maximum atomic E-state index is 8.78. The van der Waals surface area contributed by atoms with Crippen LogP contribution < -0.4 is 5.32 Å². The molecule has 0 aromatic carbocycles. The highest BCUT2D eigenvalue weighted by Gasteiger charge is 2.06. The minimum atomic E-state index is 0.400. The summed E-state index contributed by atoms with van der Waals surface area (Å²) in [5.74, 6) is 0. The molecule has 0 atom stereocenters. The maximum absolute atomic E-state index is 8.78. The third-order valence-electron chi connectivity index (χ3n) is 2.39. The molecule has 2 aromatic heterocycles. The highest BCUT2D eigenvalue weighted by Crippen LogP contribution is 2.20. The third-order valence-corrected chi connectivity index (χ3v) is 2.39. The Morgan fingerprint density at radius 2 is 2.35 bits per heavy atom. The molecule has 0 unspecified atom stereocenters. The monoisotopic (exact) mass is 227 g/mol. The van der Waals surface area contributed by atoms with E-state index in [0.29, 0.717) is 5.69 Å². The highest BCUT2D eigenvalue weighted by atomic mass is 15.3. The summed E-state index contributed by atoms with van der Waals surface area (Å²) in [6, 6.07) is 5.56.